The molecule has 196 valence electrons. The lowest BCUT2D eigenvalue weighted by Crippen LogP contribution is -2.44. The zero-order valence-electron chi connectivity index (χ0n) is 21.5. The number of rotatable bonds is 9. The SMILES string of the molecule is C[C@H](CCCO)C(=O)N[C@H](C(=O)N1CCC[C@H]1c1nc2c(-c3ccccc3)cccc2s1)c1ccccc1. The summed E-state index contributed by atoms with van der Waals surface area (Å²) < 4.78 is 1.10. The Bertz CT molecular complexity index is 1390. The minimum absolute atomic E-state index is 0.0439. The van der Waals surface area contributed by atoms with Gasteiger partial charge in [-0.15, -0.1) is 11.3 Å². The van der Waals surface area contributed by atoms with E-state index in [2.05, 4.69) is 35.6 Å². The summed E-state index contributed by atoms with van der Waals surface area (Å²) in [6.45, 7) is 2.51. The van der Waals surface area contributed by atoms with E-state index in [1.165, 1.54) is 0 Å². The summed E-state index contributed by atoms with van der Waals surface area (Å²) >= 11 is 1.64. The van der Waals surface area contributed by atoms with Gasteiger partial charge in [0, 0.05) is 24.6 Å². The number of aromatic nitrogens is 1. The smallest absolute Gasteiger partial charge is 0.250 e. The van der Waals surface area contributed by atoms with Crippen molar-refractivity contribution in [1.82, 2.24) is 15.2 Å². The van der Waals surface area contributed by atoms with Gasteiger partial charge in [0.25, 0.3) is 0 Å². The highest BCUT2D eigenvalue weighted by Crippen LogP contribution is 2.40. The summed E-state index contributed by atoms with van der Waals surface area (Å²) in [7, 11) is 0. The molecule has 3 aromatic carbocycles. The molecule has 1 aromatic heterocycles. The van der Waals surface area contributed by atoms with Gasteiger partial charge in [-0.2, -0.15) is 0 Å². The lowest BCUT2D eigenvalue weighted by molar-refractivity contribution is -0.138. The fourth-order valence-electron chi connectivity index (χ4n) is 5.16. The third-order valence-corrected chi connectivity index (χ3v) is 8.37. The summed E-state index contributed by atoms with van der Waals surface area (Å²) in [5, 5.41) is 13.1. The van der Waals surface area contributed by atoms with E-state index in [1.807, 2.05) is 60.4 Å². The molecule has 7 heteroatoms. The van der Waals surface area contributed by atoms with E-state index < -0.39 is 6.04 Å². The average Bonchev–Trinajstić information content (AvgIpc) is 3.62. The highest BCUT2D eigenvalue weighted by atomic mass is 32.1. The molecule has 0 aliphatic carbocycles. The van der Waals surface area contributed by atoms with Gasteiger partial charge in [0.1, 0.15) is 11.0 Å². The topological polar surface area (TPSA) is 82.5 Å². The van der Waals surface area contributed by atoms with Crippen LogP contribution in [0.5, 0.6) is 0 Å². The van der Waals surface area contributed by atoms with Crippen LogP contribution in [0.4, 0.5) is 0 Å². The molecule has 2 N–H and O–H groups in total. The number of aliphatic hydroxyl groups excluding tert-OH is 1. The first kappa shape index (κ1) is 26.1. The summed E-state index contributed by atoms with van der Waals surface area (Å²) in [6.07, 6.45) is 2.85. The van der Waals surface area contributed by atoms with Crippen LogP contribution in [0.1, 0.15) is 55.3 Å². The third-order valence-electron chi connectivity index (χ3n) is 7.25. The molecule has 0 bridgehead atoms. The van der Waals surface area contributed by atoms with Crippen LogP contribution in [0.3, 0.4) is 0 Å². The normalized spacial score (nSPS) is 16.9. The molecule has 0 saturated carbocycles. The molecule has 0 unspecified atom stereocenters. The van der Waals surface area contributed by atoms with E-state index >= 15 is 0 Å². The number of fused-ring (bicyclic) bond motifs is 1. The molecule has 1 aliphatic heterocycles. The minimum Gasteiger partial charge on any atom is -0.396 e. The second-order valence-corrected chi connectivity index (χ2v) is 10.9. The number of para-hydroxylation sites is 1. The van der Waals surface area contributed by atoms with Crippen LogP contribution in [0, 0.1) is 5.92 Å². The van der Waals surface area contributed by atoms with Crippen molar-refractivity contribution < 1.29 is 14.7 Å². The average molecular weight is 528 g/mol. The number of hydrogen-bond acceptors (Lipinski definition) is 5. The maximum absolute atomic E-state index is 14.1. The zero-order chi connectivity index (χ0) is 26.5. The van der Waals surface area contributed by atoms with E-state index in [0.29, 0.717) is 19.4 Å². The van der Waals surface area contributed by atoms with Crippen molar-refractivity contribution in [1.29, 1.82) is 0 Å². The number of carbonyl (C=O) groups is 2. The highest BCUT2D eigenvalue weighted by Gasteiger charge is 2.37. The summed E-state index contributed by atoms with van der Waals surface area (Å²) in [5.41, 5.74) is 3.94. The van der Waals surface area contributed by atoms with Gasteiger partial charge in [0.05, 0.1) is 16.3 Å². The maximum atomic E-state index is 14.1. The number of aliphatic hydroxyl groups is 1. The van der Waals surface area contributed by atoms with Crippen LogP contribution >= 0.6 is 11.3 Å². The summed E-state index contributed by atoms with van der Waals surface area (Å²) in [4.78, 5) is 34.0. The van der Waals surface area contributed by atoms with E-state index in [0.717, 1.165) is 44.8 Å². The predicted molar refractivity (Wildman–Crippen MR) is 152 cm³/mol. The number of amides is 2. The van der Waals surface area contributed by atoms with Crippen molar-refractivity contribution >= 4 is 33.4 Å². The molecule has 1 saturated heterocycles. The number of nitrogens with one attached hydrogen (secondary N) is 1. The molecule has 0 spiro atoms. The van der Waals surface area contributed by atoms with E-state index in [9.17, 15) is 9.59 Å². The van der Waals surface area contributed by atoms with Gasteiger partial charge in [-0.05, 0) is 42.9 Å². The molecule has 38 heavy (non-hydrogen) atoms. The molecule has 6 nitrogen and oxygen atoms in total. The largest absolute Gasteiger partial charge is 0.396 e. The van der Waals surface area contributed by atoms with Gasteiger partial charge in [0.15, 0.2) is 0 Å². The van der Waals surface area contributed by atoms with Crippen LogP contribution in [0.2, 0.25) is 0 Å². The number of nitrogens with zero attached hydrogens (tertiary/aromatic N) is 2. The van der Waals surface area contributed by atoms with Gasteiger partial charge in [-0.1, -0.05) is 79.7 Å². The van der Waals surface area contributed by atoms with Crippen molar-refractivity contribution in [3.63, 3.8) is 0 Å². The van der Waals surface area contributed by atoms with Crippen molar-refractivity contribution in [2.45, 2.75) is 44.7 Å². The number of likely N-dealkylation sites (tertiary alicyclic amines) is 1. The third kappa shape index (κ3) is 5.49. The first-order valence-electron chi connectivity index (χ1n) is 13.3. The Labute approximate surface area is 227 Å². The molecule has 5 rings (SSSR count). The lowest BCUT2D eigenvalue weighted by atomic mass is 10.0. The van der Waals surface area contributed by atoms with Gasteiger partial charge >= 0.3 is 0 Å². The number of hydrogen-bond donors (Lipinski definition) is 2. The fourth-order valence-corrected chi connectivity index (χ4v) is 6.30. The summed E-state index contributed by atoms with van der Waals surface area (Å²) in [5.74, 6) is -0.580. The highest BCUT2D eigenvalue weighted by molar-refractivity contribution is 7.18. The number of carbonyl (C=O) groups excluding carboxylic acids is 2. The Kier molecular flexibility index (Phi) is 8.15. The molecule has 3 atom stereocenters. The van der Waals surface area contributed by atoms with Gasteiger partial charge < -0.3 is 15.3 Å². The Morgan fingerprint density at radius 2 is 1.79 bits per heavy atom. The second-order valence-electron chi connectivity index (χ2n) is 9.88. The van der Waals surface area contributed by atoms with Gasteiger partial charge in [-0.3, -0.25) is 9.59 Å². The first-order valence-corrected chi connectivity index (χ1v) is 14.1. The molecule has 0 radical (unpaired) electrons. The summed E-state index contributed by atoms with van der Waals surface area (Å²) in [6, 6.07) is 25.0. The predicted octanol–water partition coefficient (Wildman–Crippen LogP) is 5.89. The first-order chi connectivity index (χ1) is 18.6. The van der Waals surface area contributed by atoms with Crippen LogP contribution < -0.4 is 5.32 Å². The zero-order valence-corrected chi connectivity index (χ0v) is 22.4. The standard InChI is InChI=1S/C31H33N3O3S/c1-21(11-10-20-35)29(36)32-27(23-14-6-3-7-15-23)31(37)34-19-9-17-25(34)30-33-28-24(16-8-18-26(28)38-30)22-12-4-2-5-13-22/h2-8,12-16,18,21,25,27,35H,9-11,17,19-20H2,1H3,(H,32,36)/t21-,25+,27+/m1/s1. The molecule has 2 heterocycles. The fraction of sp³-hybridized carbons (Fsp3) is 0.323. The Morgan fingerprint density at radius 3 is 2.53 bits per heavy atom. The van der Waals surface area contributed by atoms with E-state index in [1.54, 1.807) is 11.3 Å². The second kappa shape index (κ2) is 11.9. The van der Waals surface area contributed by atoms with Gasteiger partial charge in [0.2, 0.25) is 11.8 Å². The molecule has 1 fully saturated rings. The van der Waals surface area contributed by atoms with Crippen molar-refractivity contribution in [2.24, 2.45) is 5.92 Å². The quantitative estimate of drug-likeness (QED) is 0.284. The van der Waals surface area contributed by atoms with Crippen LogP contribution in [-0.2, 0) is 9.59 Å². The van der Waals surface area contributed by atoms with Crippen molar-refractivity contribution in [3.8, 4) is 11.1 Å². The monoisotopic (exact) mass is 527 g/mol. The Morgan fingerprint density at radius 1 is 1.05 bits per heavy atom. The Balaban J connectivity index is 1.44. The maximum Gasteiger partial charge on any atom is 0.250 e. The van der Waals surface area contributed by atoms with Crippen molar-refractivity contribution in [2.75, 3.05) is 13.2 Å². The number of benzene rings is 3. The van der Waals surface area contributed by atoms with E-state index in [-0.39, 0.29) is 30.4 Å². The van der Waals surface area contributed by atoms with Gasteiger partial charge in [-0.25, -0.2) is 4.98 Å². The molecular weight excluding hydrogens is 494 g/mol. The van der Waals surface area contributed by atoms with Crippen LogP contribution in [0.15, 0.2) is 78.9 Å². The number of thiazole rings is 1. The molecule has 4 aromatic rings. The van der Waals surface area contributed by atoms with E-state index in [4.69, 9.17) is 10.1 Å². The molecule has 2 amide bonds. The molecular formula is C31H33N3O3S. The van der Waals surface area contributed by atoms with Crippen LogP contribution in [0.25, 0.3) is 21.3 Å². The minimum atomic E-state index is -0.768. The molecule has 1 aliphatic rings. The van der Waals surface area contributed by atoms with Crippen molar-refractivity contribution in [3.05, 3.63) is 89.4 Å². The van der Waals surface area contributed by atoms with Crippen LogP contribution in [-0.4, -0.2) is 40.0 Å². The lowest BCUT2D eigenvalue weighted by Gasteiger charge is -2.29. The Hall–Kier alpha value is -3.55.